The summed E-state index contributed by atoms with van der Waals surface area (Å²) in [6.07, 6.45) is 10.4. The number of aldehydes is 1. The zero-order chi connectivity index (χ0) is 22.8. The number of carbonyl (C=O) groups excluding carboxylic acids is 2. The smallest absolute Gasteiger partial charge is 0.338 e. The summed E-state index contributed by atoms with van der Waals surface area (Å²) in [5, 5.41) is 0. The van der Waals surface area contributed by atoms with Gasteiger partial charge in [0, 0.05) is 23.8 Å². The monoisotopic (exact) mass is 484 g/mol. The first kappa shape index (κ1) is 28.8. The first-order valence-corrected chi connectivity index (χ1v) is 12.2. The van der Waals surface area contributed by atoms with Crippen molar-refractivity contribution in [2.24, 2.45) is 11.8 Å². The van der Waals surface area contributed by atoms with E-state index >= 15 is 0 Å². The van der Waals surface area contributed by atoms with Crippen molar-refractivity contribution in [1.82, 2.24) is 0 Å². The molecule has 1 aromatic rings. The number of rotatable bonds is 14. The van der Waals surface area contributed by atoms with Gasteiger partial charge in [0.05, 0.1) is 12.2 Å². The van der Waals surface area contributed by atoms with Crippen LogP contribution >= 0.6 is 15.9 Å². The van der Waals surface area contributed by atoms with Crippen LogP contribution in [0.2, 0.25) is 0 Å². The standard InChI is InChI=1S/C16H21BrO3.C9H20O/c1-3-5-6-12(4-2)11-20-16(19)14-7-13(10-18)8-15(17)9-14;1-4-6-7-9(5-2)8-10-3/h7-10,12H,3-6,11H2,1-2H3;9H,4-8H2,1-3H3. The Hall–Kier alpha value is -1.20. The quantitative estimate of drug-likeness (QED) is 0.202. The van der Waals surface area contributed by atoms with Crippen LogP contribution in [0.25, 0.3) is 0 Å². The van der Waals surface area contributed by atoms with Crippen molar-refractivity contribution in [2.45, 2.75) is 79.1 Å². The molecule has 0 aliphatic rings. The first-order chi connectivity index (χ1) is 14.4. The van der Waals surface area contributed by atoms with Gasteiger partial charge in [-0.2, -0.15) is 0 Å². The predicted octanol–water partition coefficient (Wildman–Crippen LogP) is 7.48. The highest BCUT2D eigenvalue weighted by molar-refractivity contribution is 9.10. The summed E-state index contributed by atoms with van der Waals surface area (Å²) in [7, 11) is 1.79. The third-order valence-electron chi connectivity index (χ3n) is 5.23. The molecule has 5 heteroatoms. The number of benzene rings is 1. The SMILES string of the molecule is CCCCC(CC)COC.CCCCC(CC)COC(=O)c1cc(Br)cc(C=O)c1. The van der Waals surface area contributed by atoms with Crippen molar-refractivity contribution < 1.29 is 19.1 Å². The van der Waals surface area contributed by atoms with Gasteiger partial charge in [0.25, 0.3) is 0 Å². The fraction of sp³-hybridized carbons (Fsp3) is 0.680. The van der Waals surface area contributed by atoms with Gasteiger partial charge in [0.1, 0.15) is 6.29 Å². The minimum atomic E-state index is -0.371. The summed E-state index contributed by atoms with van der Waals surface area (Å²) in [4.78, 5) is 22.8. The zero-order valence-electron chi connectivity index (χ0n) is 19.5. The van der Waals surface area contributed by atoms with E-state index in [0.29, 0.717) is 28.1 Å². The van der Waals surface area contributed by atoms with Crippen LogP contribution in [0.1, 0.15) is 99.8 Å². The fourth-order valence-corrected chi connectivity index (χ4v) is 3.62. The lowest BCUT2D eigenvalue weighted by molar-refractivity contribution is 0.0428. The Balaban J connectivity index is 0.000000710. The molecule has 0 aromatic heterocycles. The van der Waals surface area contributed by atoms with Gasteiger partial charge in [0.2, 0.25) is 0 Å². The maximum atomic E-state index is 12.0. The van der Waals surface area contributed by atoms with Crippen LogP contribution in [0.15, 0.2) is 22.7 Å². The Kier molecular flexibility index (Phi) is 17.8. The molecular formula is C25H41BrO4. The van der Waals surface area contributed by atoms with Gasteiger partial charge in [-0.05, 0) is 42.9 Å². The Labute approximate surface area is 192 Å². The molecule has 0 bridgehead atoms. The molecule has 30 heavy (non-hydrogen) atoms. The predicted molar refractivity (Wildman–Crippen MR) is 128 cm³/mol. The molecule has 0 saturated carbocycles. The molecular weight excluding hydrogens is 444 g/mol. The Morgan fingerprint density at radius 3 is 2.00 bits per heavy atom. The molecule has 0 heterocycles. The lowest BCUT2D eigenvalue weighted by atomic mass is 10.0. The number of unbranched alkanes of at least 4 members (excludes halogenated alkanes) is 2. The van der Waals surface area contributed by atoms with Crippen molar-refractivity contribution in [3.05, 3.63) is 33.8 Å². The summed E-state index contributed by atoms with van der Waals surface area (Å²) < 4.78 is 11.1. The van der Waals surface area contributed by atoms with E-state index in [4.69, 9.17) is 9.47 Å². The molecule has 0 amide bonds. The zero-order valence-corrected chi connectivity index (χ0v) is 21.1. The van der Waals surface area contributed by atoms with Crippen LogP contribution < -0.4 is 0 Å². The molecule has 1 aromatic carbocycles. The van der Waals surface area contributed by atoms with E-state index < -0.39 is 0 Å². The minimum absolute atomic E-state index is 0.371. The molecule has 0 radical (unpaired) electrons. The highest BCUT2D eigenvalue weighted by atomic mass is 79.9. The minimum Gasteiger partial charge on any atom is -0.462 e. The van der Waals surface area contributed by atoms with Crippen molar-refractivity contribution >= 4 is 28.2 Å². The number of methoxy groups -OCH3 is 1. The highest BCUT2D eigenvalue weighted by Crippen LogP contribution is 2.18. The average molecular weight is 486 g/mol. The van der Waals surface area contributed by atoms with E-state index in [1.165, 1.54) is 25.7 Å². The van der Waals surface area contributed by atoms with Gasteiger partial charge < -0.3 is 9.47 Å². The maximum absolute atomic E-state index is 12.0. The van der Waals surface area contributed by atoms with Crippen LogP contribution in [-0.4, -0.2) is 32.6 Å². The Morgan fingerprint density at radius 1 is 0.967 bits per heavy atom. The first-order valence-electron chi connectivity index (χ1n) is 11.4. The molecule has 1 rings (SSSR count). The number of hydrogen-bond acceptors (Lipinski definition) is 4. The third-order valence-corrected chi connectivity index (χ3v) is 5.69. The molecule has 2 unspecified atom stereocenters. The Bertz CT molecular complexity index is 589. The molecule has 0 saturated heterocycles. The molecule has 0 fully saturated rings. The molecule has 0 aliphatic heterocycles. The molecule has 0 N–H and O–H groups in total. The fourth-order valence-electron chi connectivity index (χ4n) is 3.11. The van der Waals surface area contributed by atoms with E-state index in [9.17, 15) is 9.59 Å². The summed E-state index contributed by atoms with van der Waals surface area (Å²) >= 11 is 3.28. The number of esters is 1. The van der Waals surface area contributed by atoms with Crippen molar-refractivity contribution in [2.75, 3.05) is 20.3 Å². The lowest BCUT2D eigenvalue weighted by Gasteiger charge is -2.14. The van der Waals surface area contributed by atoms with Crippen molar-refractivity contribution in [3.8, 4) is 0 Å². The molecule has 4 nitrogen and oxygen atoms in total. The normalized spacial score (nSPS) is 12.5. The van der Waals surface area contributed by atoms with Gasteiger partial charge in [-0.3, -0.25) is 4.79 Å². The van der Waals surface area contributed by atoms with Crippen LogP contribution in [0.5, 0.6) is 0 Å². The van der Waals surface area contributed by atoms with E-state index in [1.807, 2.05) is 0 Å². The van der Waals surface area contributed by atoms with E-state index in [2.05, 4.69) is 43.6 Å². The molecule has 172 valence electrons. The van der Waals surface area contributed by atoms with Gasteiger partial charge >= 0.3 is 5.97 Å². The van der Waals surface area contributed by atoms with Crippen LogP contribution in [0.3, 0.4) is 0 Å². The number of ether oxygens (including phenoxy) is 2. The summed E-state index contributed by atoms with van der Waals surface area (Å²) in [6.45, 7) is 10.1. The molecule has 0 aliphatic carbocycles. The number of carbonyl (C=O) groups is 2. The number of halogens is 1. The third kappa shape index (κ3) is 13.2. The van der Waals surface area contributed by atoms with Gasteiger partial charge in [-0.25, -0.2) is 4.79 Å². The topological polar surface area (TPSA) is 52.6 Å². The highest BCUT2D eigenvalue weighted by Gasteiger charge is 2.13. The van der Waals surface area contributed by atoms with E-state index in [0.717, 1.165) is 44.5 Å². The van der Waals surface area contributed by atoms with Crippen molar-refractivity contribution in [1.29, 1.82) is 0 Å². The summed E-state index contributed by atoms with van der Waals surface area (Å²) in [5.41, 5.74) is 0.871. The van der Waals surface area contributed by atoms with Gasteiger partial charge in [-0.15, -0.1) is 0 Å². The second-order valence-electron chi connectivity index (χ2n) is 7.78. The second-order valence-corrected chi connectivity index (χ2v) is 8.69. The van der Waals surface area contributed by atoms with E-state index in [-0.39, 0.29) is 5.97 Å². The average Bonchev–Trinajstić information content (AvgIpc) is 2.76. The lowest BCUT2D eigenvalue weighted by Crippen LogP contribution is -2.14. The molecule has 0 spiro atoms. The van der Waals surface area contributed by atoms with E-state index in [1.54, 1.807) is 25.3 Å². The van der Waals surface area contributed by atoms with Gasteiger partial charge in [-0.1, -0.05) is 82.1 Å². The van der Waals surface area contributed by atoms with Crippen LogP contribution in [0, 0.1) is 11.8 Å². The number of hydrogen-bond donors (Lipinski definition) is 0. The second kappa shape index (κ2) is 18.6. The Morgan fingerprint density at radius 2 is 1.53 bits per heavy atom. The largest absolute Gasteiger partial charge is 0.462 e. The maximum Gasteiger partial charge on any atom is 0.338 e. The van der Waals surface area contributed by atoms with Gasteiger partial charge in [0.15, 0.2) is 0 Å². The summed E-state index contributed by atoms with van der Waals surface area (Å²) in [5.74, 6) is 0.839. The molecule has 2 atom stereocenters. The summed E-state index contributed by atoms with van der Waals surface area (Å²) in [6, 6.07) is 4.88. The van der Waals surface area contributed by atoms with Crippen LogP contribution in [0.4, 0.5) is 0 Å². The van der Waals surface area contributed by atoms with Crippen molar-refractivity contribution in [3.63, 3.8) is 0 Å². The van der Waals surface area contributed by atoms with Crippen LogP contribution in [-0.2, 0) is 9.47 Å².